The average Bonchev–Trinajstić information content (AvgIpc) is 2.21. The van der Waals surface area contributed by atoms with E-state index in [1.165, 1.54) is 7.11 Å². The summed E-state index contributed by atoms with van der Waals surface area (Å²) in [6, 6.07) is 1.83. The van der Waals surface area contributed by atoms with Crippen molar-refractivity contribution in [1.29, 1.82) is 5.26 Å². The number of nitriles is 1. The Kier molecular flexibility index (Phi) is 3.41. The number of rotatable bonds is 1. The lowest BCUT2D eigenvalue weighted by Crippen LogP contribution is -2.12. The highest BCUT2D eigenvalue weighted by Gasteiger charge is 2.20. The SMILES string of the molecule is COC(=O)C(C#N)=C1CCC(=O)CC1. The van der Waals surface area contributed by atoms with Gasteiger partial charge in [0.2, 0.25) is 0 Å². The fraction of sp³-hybridized carbons (Fsp3) is 0.500. The van der Waals surface area contributed by atoms with Gasteiger partial charge in [0, 0.05) is 12.8 Å². The lowest BCUT2D eigenvalue weighted by atomic mass is 9.90. The molecule has 1 fully saturated rings. The van der Waals surface area contributed by atoms with Crippen molar-refractivity contribution >= 4 is 11.8 Å². The molecule has 1 aliphatic carbocycles. The summed E-state index contributed by atoms with van der Waals surface area (Å²) < 4.78 is 4.48. The van der Waals surface area contributed by atoms with Gasteiger partial charge in [0.25, 0.3) is 0 Å². The molecule has 0 amide bonds. The predicted molar refractivity (Wildman–Crippen MR) is 48.1 cm³/mol. The Morgan fingerprint density at radius 2 is 1.93 bits per heavy atom. The quantitative estimate of drug-likeness (QED) is 0.355. The standard InChI is InChI=1S/C10H11NO3/c1-14-10(13)9(6-11)7-2-4-8(12)5-3-7/h2-5H2,1H3. The molecular weight excluding hydrogens is 182 g/mol. The van der Waals surface area contributed by atoms with Crippen LogP contribution >= 0.6 is 0 Å². The summed E-state index contributed by atoms with van der Waals surface area (Å²) in [4.78, 5) is 22.1. The summed E-state index contributed by atoms with van der Waals surface area (Å²) >= 11 is 0. The summed E-state index contributed by atoms with van der Waals surface area (Å²) in [7, 11) is 1.24. The number of methoxy groups -OCH3 is 1. The van der Waals surface area contributed by atoms with Crippen molar-refractivity contribution in [3.8, 4) is 6.07 Å². The molecule has 0 spiro atoms. The highest BCUT2D eigenvalue weighted by atomic mass is 16.5. The third-order valence-electron chi connectivity index (χ3n) is 2.27. The van der Waals surface area contributed by atoms with Gasteiger partial charge in [-0.25, -0.2) is 4.79 Å². The highest BCUT2D eigenvalue weighted by Crippen LogP contribution is 2.24. The largest absolute Gasteiger partial charge is 0.465 e. The first-order chi connectivity index (χ1) is 6.69. The number of esters is 1. The molecule has 1 saturated carbocycles. The number of allylic oxidation sites excluding steroid dienone is 1. The van der Waals surface area contributed by atoms with E-state index in [2.05, 4.69) is 4.74 Å². The van der Waals surface area contributed by atoms with Crippen molar-refractivity contribution in [2.45, 2.75) is 25.7 Å². The number of hydrogen-bond acceptors (Lipinski definition) is 4. The molecule has 0 bridgehead atoms. The van der Waals surface area contributed by atoms with Crippen molar-refractivity contribution in [1.82, 2.24) is 0 Å². The maximum Gasteiger partial charge on any atom is 0.348 e. The number of nitrogens with zero attached hydrogens (tertiary/aromatic N) is 1. The Hall–Kier alpha value is -1.63. The maximum atomic E-state index is 11.1. The lowest BCUT2D eigenvalue weighted by molar-refractivity contribution is -0.135. The van der Waals surface area contributed by atoms with Crippen LogP contribution in [0, 0.1) is 11.3 Å². The van der Waals surface area contributed by atoms with Crippen LogP contribution in [-0.4, -0.2) is 18.9 Å². The van der Waals surface area contributed by atoms with Crippen LogP contribution in [0.2, 0.25) is 0 Å². The predicted octanol–water partition coefficient (Wildman–Crippen LogP) is 1.12. The first-order valence-electron chi connectivity index (χ1n) is 4.41. The van der Waals surface area contributed by atoms with Gasteiger partial charge in [0.05, 0.1) is 7.11 Å². The molecule has 0 atom stereocenters. The summed E-state index contributed by atoms with van der Waals surface area (Å²) in [5.41, 5.74) is 0.818. The Balaban J connectivity index is 2.86. The molecule has 4 nitrogen and oxygen atoms in total. The molecule has 0 aliphatic heterocycles. The summed E-state index contributed by atoms with van der Waals surface area (Å²) in [6.07, 6.45) is 1.88. The van der Waals surface area contributed by atoms with Crippen molar-refractivity contribution in [3.05, 3.63) is 11.1 Å². The molecule has 1 aliphatic rings. The number of ether oxygens (including phenoxy) is 1. The molecule has 14 heavy (non-hydrogen) atoms. The summed E-state index contributed by atoms with van der Waals surface area (Å²) in [6.45, 7) is 0. The van der Waals surface area contributed by atoms with E-state index in [9.17, 15) is 9.59 Å². The van der Waals surface area contributed by atoms with Crippen molar-refractivity contribution in [2.75, 3.05) is 7.11 Å². The Morgan fingerprint density at radius 1 is 1.36 bits per heavy atom. The smallest absolute Gasteiger partial charge is 0.348 e. The monoisotopic (exact) mass is 193 g/mol. The van der Waals surface area contributed by atoms with E-state index in [1.54, 1.807) is 0 Å². The van der Waals surface area contributed by atoms with E-state index >= 15 is 0 Å². The fourth-order valence-corrected chi connectivity index (χ4v) is 1.45. The third kappa shape index (κ3) is 2.19. The molecule has 4 heteroatoms. The number of carbonyl (C=O) groups is 2. The number of carbonyl (C=O) groups excluding carboxylic acids is 2. The van der Waals surface area contributed by atoms with E-state index in [0.29, 0.717) is 25.7 Å². The van der Waals surface area contributed by atoms with Gasteiger partial charge in [0.15, 0.2) is 0 Å². The molecule has 1 rings (SSSR count). The van der Waals surface area contributed by atoms with E-state index < -0.39 is 5.97 Å². The molecule has 0 unspecified atom stereocenters. The second-order valence-corrected chi connectivity index (χ2v) is 3.12. The number of Topliss-reactive ketones (excluding diaryl/α,β-unsaturated/α-hetero) is 1. The van der Waals surface area contributed by atoms with Gasteiger partial charge in [0.1, 0.15) is 17.4 Å². The van der Waals surface area contributed by atoms with Gasteiger partial charge in [-0.15, -0.1) is 0 Å². The van der Waals surface area contributed by atoms with Crippen molar-refractivity contribution in [3.63, 3.8) is 0 Å². The zero-order valence-electron chi connectivity index (χ0n) is 8.00. The van der Waals surface area contributed by atoms with E-state index in [1.807, 2.05) is 6.07 Å². The fourth-order valence-electron chi connectivity index (χ4n) is 1.45. The van der Waals surface area contributed by atoms with Gasteiger partial charge in [-0.05, 0) is 18.4 Å². The maximum absolute atomic E-state index is 11.1. The van der Waals surface area contributed by atoms with Crippen LogP contribution in [0.5, 0.6) is 0 Å². The molecule has 0 heterocycles. The first kappa shape index (κ1) is 10.5. The van der Waals surface area contributed by atoms with Gasteiger partial charge in [-0.2, -0.15) is 5.26 Å². The molecule has 0 aromatic carbocycles. The number of hydrogen-bond donors (Lipinski definition) is 0. The van der Waals surface area contributed by atoms with E-state index in [-0.39, 0.29) is 11.4 Å². The Labute approximate surface area is 82.2 Å². The molecular formula is C10H11NO3. The van der Waals surface area contributed by atoms with Crippen LogP contribution in [0.1, 0.15) is 25.7 Å². The van der Waals surface area contributed by atoms with Crippen molar-refractivity contribution < 1.29 is 14.3 Å². The molecule has 74 valence electrons. The molecule has 0 aromatic heterocycles. The summed E-state index contributed by atoms with van der Waals surface area (Å²) in [5, 5.41) is 8.75. The zero-order valence-corrected chi connectivity index (χ0v) is 8.00. The highest BCUT2D eigenvalue weighted by molar-refractivity contribution is 5.94. The molecule has 0 N–H and O–H groups in total. The van der Waals surface area contributed by atoms with Gasteiger partial charge < -0.3 is 4.74 Å². The first-order valence-corrected chi connectivity index (χ1v) is 4.41. The lowest BCUT2D eigenvalue weighted by Gasteiger charge is -2.13. The van der Waals surface area contributed by atoms with E-state index in [4.69, 9.17) is 5.26 Å². The topological polar surface area (TPSA) is 67.2 Å². The minimum atomic E-state index is -0.600. The normalized spacial score (nSPS) is 16.0. The van der Waals surface area contributed by atoms with Crippen LogP contribution < -0.4 is 0 Å². The van der Waals surface area contributed by atoms with Crippen LogP contribution in [0.25, 0.3) is 0 Å². The number of ketones is 1. The third-order valence-corrected chi connectivity index (χ3v) is 2.27. The molecule has 0 radical (unpaired) electrons. The molecule has 0 aromatic rings. The second-order valence-electron chi connectivity index (χ2n) is 3.12. The molecule has 0 saturated heterocycles. The summed E-state index contributed by atoms with van der Waals surface area (Å²) in [5.74, 6) is -0.409. The zero-order chi connectivity index (χ0) is 10.6. The second kappa shape index (κ2) is 4.56. The van der Waals surface area contributed by atoms with Gasteiger partial charge in [-0.1, -0.05) is 0 Å². The Bertz CT molecular complexity index is 324. The van der Waals surface area contributed by atoms with Crippen LogP contribution in [0.15, 0.2) is 11.1 Å². The van der Waals surface area contributed by atoms with Crippen LogP contribution in [-0.2, 0) is 14.3 Å². The minimum absolute atomic E-state index is 0.0694. The van der Waals surface area contributed by atoms with Crippen LogP contribution in [0.4, 0.5) is 0 Å². The minimum Gasteiger partial charge on any atom is -0.465 e. The van der Waals surface area contributed by atoms with Crippen molar-refractivity contribution in [2.24, 2.45) is 0 Å². The van der Waals surface area contributed by atoms with Gasteiger partial charge >= 0.3 is 5.97 Å². The van der Waals surface area contributed by atoms with E-state index in [0.717, 1.165) is 5.57 Å². The Morgan fingerprint density at radius 3 is 2.36 bits per heavy atom. The average molecular weight is 193 g/mol. The van der Waals surface area contributed by atoms with Gasteiger partial charge in [-0.3, -0.25) is 4.79 Å². The van der Waals surface area contributed by atoms with Crippen LogP contribution in [0.3, 0.4) is 0 Å².